The van der Waals surface area contributed by atoms with Crippen LogP contribution in [0.3, 0.4) is 0 Å². The minimum Gasteiger partial charge on any atom is -0.510 e. The van der Waals surface area contributed by atoms with Crippen molar-refractivity contribution in [3.05, 3.63) is 75.8 Å². The van der Waals surface area contributed by atoms with E-state index < -0.39 is 58.0 Å². The zero-order valence-electron chi connectivity index (χ0n) is 22.8. The van der Waals surface area contributed by atoms with Crippen molar-refractivity contribution in [2.24, 2.45) is 17.6 Å². The van der Waals surface area contributed by atoms with Crippen molar-refractivity contribution in [3.63, 3.8) is 0 Å². The van der Waals surface area contributed by atoms with Gasteiger partial charge in [-0.2, -0.15) is 0 Å². The van der Waals surface area contributed by atoms with Crippen LogP contribution in [0.4, 0.5) is 0 Å². The van der Waals surface area contributed by atoms with Crippen LogP contribution < -0.4 is 5.73 Å². The van der Waals surface area contributed by atoms with Gasteiger partial charge in [0.15, 0.2) is 11.4 Å². The first kappa shape index (κ1) is 27.6. The predicted octanol–water partition coefficient (Wildman–Crippen LogP) is 1.85. The standard InChI is InChI=1S/C30H33N3O7/c1-32(2)13-14-5-7-15(8-6-14)17-9-10-20(34)22-18(17)11-16-12-19-24(33(3)4)26(36)23(29(31)39)28(38)30(19,40)27(37)21(16)25(22)35/h5-10,16,19,24,34,36-37,40H,11-13H2,1-4H3,(H2,31,39)/t16-,19-,24-,30-/m1/s1. The van der Waals surface area contributed by atoms with E-state index in [4.69, 9.17) is 5.73 Å². The third-order valence-electron chi connectivity index (χ3n) is 8.37. The summed E-state index contributed by atoms with van der Waals surface area (Å²) < 4.78 is 0. The topological polar surface area (TPSA) is 165 Å². The van der Waals surface area contributed by atoms with Gasteiger partial charge in [0.1, 0.15) is 22.8 Å². The number of phenolic OH excluding ortho intramolecular Hbond substituents is 1. The van der Waals surface area contributed by atoms with Crippen molar-refractivity contribution in [2.75, 3.05) is 28.2 Å². The second-order valence-electron chi connectivity index (χ2n) is 11.4. The first-order valence-corrected chi connectivity index (χ1v) is 13.0. The number of nitrogens with two attached hydrogens (primary N) is 1. The van der Waals surface area contributed by atoms with Gasteiger partial charge in [-0.15, -0.1) is 0 Å². The number of hydrogen-bond donors (Lipinski definition) is 5. The summed E-state index contributed by atoms with van der Waals surface area (Å²) in [5.41, 5.74) is 5.03. The number of phenols is 1. The molecule has 3 aliphatic rings. The average molecular weight is 548 g/mol. The molecule has 0 heterocycles. The van der Waals surface area contributed by atoms with E-state index in [2.05, 4.69) is 4.90 Å². The van der Waals surface area contributed by atoms with Crippen molar-refractivity contribution < 1.29 is 34.8 Å². The number of fused-ring (bicyclic) bond motifs is 3. The lowest BCUT2D eigenvalue weighted by atomic mass is 9.58. The van der Waals surface area contributed by atoms with Crippen LogP contribution in [-0.4, -0.2) is 87.5 Å². The largest absolute Gasteiger partial charge is 0.510 e. The molecule has 0 saturated carbocycles. The Hall–Kier alpha value is -3.99. The third kappa shape index (κ3) is 3.94. The fraction of sp³-hybridized carbons (Fsp3) is 0.367. The second kappa shape index (κ2) is 9.58. The number of aliphatic hydroxyl groups is 3. The normalized spacial score (nSPS) is 26.2. The Bertz CT molecular complexity index is 1510. The molecule has 40 heavy (non-hydrogen) atoms. The number of aromatic hydroxyl groups is 1. The van der Waals surface area contributed by atoms with Crippen molar-refractivity contribution >= 4 is 17.5 Å². The summed E-state index contributed by atoms with van der Waals surface area (Å²) in [6, 6.07) is 10.0. The Labute approximate surface area is 231 Å². The van der Waals surface area contributed by atoms with E-state index in [1.165, 1.54) is 11.0 Å². The minimum absolute atomic E-state index is 0.00403. The molecule has 10 nitrogen and oxygen atoms in total. The number of amides is 1. The molecule has 0 saturated heterocycles. The summed E-state index contributed by atoms with van der Waals surface area (Å²) in [4.78, 5) is 43.0. The summed E-state index contributed by atoms with van der Waals surface area (Å²) in [5.74, 6) is -6.63. The molecule has 0 unspecified atom stereocenters. The SMILES string of the molecule is CN(C)Cc1ccc(-c2ccc(O)c3c2C[C@@H]2C[C@@H]4[C@@H](N(C)C)C(O)=C(C(N)=O)C(=O)[C@]4(O)C(O)=C2C3=O)cc1. The fourth-order valence-corrected chi connectivity index (χ4v) is 6.68. The van der Waals surface area contributed by atoms with E-state index in [0.29, 0.717) is 5.56 Å². The van der Waals surface area contributed by atoms with Crippen LogP contribution in [0, 0.1) is 11.8 Å². The zero-order chi connectivity index (χ0) is 29.3. The molecule has 6 N–H and O–H groups in total. The Morgan fingerprint density at radius 2 is 1.68 bits per heavy atom. The van der Waals surface area contributed by atoms with Gasteiger partial charge >= 0.3 is 0 Å². The summed E-state index contributed by atoms with van der Waals surface area (Å²) in [6.07, 6.45) is 0.278. The highest BCUT2D eigenvalue weighted by Crippen LogP contribution is 2.53. The number of ketones is 2. The van der Waals surface area contributed by atoms with Crippen LogP contribution in [0.15, 0.2) is 59.1 Å². The van der Waals surface area contributed by atoms with E-state index in [1.807, 2.05) is 38.4 Å². The van der Waals surface area contributed by atoms with Gasteiger partial charge in [-0.25, -0.2) is 0 Å². The predicted molar refractivity (Wildman–Crippen MR) is 147 cm³/mol. The molecule has 0 aromatic heterocycles. The Morgan fingerprint density at radius 1 is 1.02 bits per heavy atom. The monoisotopic (exact) mass is 547 g/mol. The number of carbonyl (C=O) groups is 3. The van der Waals surface area contributed by atoms with E-state index in [0.717, 1.165) is 23.2 Å². The highest BCUT2D eigenvalue weighted by molar-refractivity contribution is 6.24. The van der Waals surface area contributed by atoms with Crippen molar-refractivity contribution in [1.82, 2.24) is 9.80 Å². The number of Topliss-reactive ketones (excluding diaryl/α,β-unsaturated/α-hetero) is 2. The van der Waals surface area contributed by atoms with Gasteiger partial charge in [-0.05, 0) is 75.3 Å². The van der Waals surface area contributed by atoms with Crippen molar-refractivity contribution in [1.29, 1.82) is 0 Å². The van der Waals surface area contributed by atoms with Gasteiger partial charge in [0.2, 0.25) is 5.78 Å². The number of nitrogens with zero attached hydrogens (tertiary/aromatic N) is 2. The fourth-order valence-electron chi connectivity index (χ4n) is 6.68. The van der Waals surface area contributed by atoms with Crippen molar-refractivity contribution in [2.45, 2.75) is 31.0 Å². The maximum atomic E-state index is 13.9. The maximum Gasteiger partial charge on any atom is 0.255 e. The molecule has 0 spiro atoms. The molecule has 210 valence electrons. The van der Waals surface area contributed by atoms with E-state index in [-0.39, 0.29) is 29.7 Å². The molecule has 0 fully saturated rings. The molecule has 2 aromatic carbocycles. The van der Waals surface area contributed by atoms with Gasteiger partial charge in [0, 0.05) is 18.0 Å². The molecule has 1 amide bonds. The van der Waals surface area contributed by atoms with Gasteiger partial charge in [-0.3, -0.25) is 19.3 Å². The number of rotatable bonds is 5. The maximum absolute atomic E-state index is 13.9. The van der Waals surface area contributed by atoms with Crippen LogP contribution in [0.25, 0.3) is 11.1 Å². The van der Waals surface area contributed by atoms with E-state index in [9.17, 15) is 34.8 Å². The van der Waals surface area contributed by atoms with Crippen LogP contribution in [0.1, 0.15) is 27.9 Å². The molecule has 10 heteroatoms. The number of allylic oxidation sites excluding steroid dienone is 1. The minimum atomic E-state index is -2.65. The lowest BCUT2D eigenvalue weighted by molar-refractivity contribution is -0.148. The van der Waals surface area contributed by atoms with Crippen LogP contribution >= 0.6 is 0 Å². The zero-order valence-corrected chi connectivity index (χ0v) is 22.8. The molecule has 0 radical (unpaired) electrons. The van der Waals surface area contributed by atoms with Crippen LogP contribution in [0.5, 0.6) is 5.75 Å². The number of carbonyl (C=O) groups excluding carboxylic acids is 3. The van der Waals surface area contributed by atoms with E-state index in [1.54, 1.807) is 20.2 Å². The molecule has 2 aromatic rings. The number of likely N-dealkylation sites (N-methyl/N-ethyl adjacent to an activating group) is 1. The van der Waals surface area contributed by atoms with Gasteiger partial charge < -0.3 is 31.1 Å². The third-order valence-corrected chi connectivity index (χ3v) is 8.37. The molecule has 5 rings (SSSR count). The molecule has 4 atom stereocenters. The highest BCUT2D eigenvalue weighted by Gasteiger charge is 2.63. The molecule has 0 aliphatic heterocycles. The summed E-state index contributed by atoms with van der Waals surface area (Å²) in [6.45, 7) is 0.761. The Morgan fingerprint density at radius 3 is 2.25 bits per heavy atom. The molecule has 0 bridgehead atoms. The lowest BCUT2D eigenvalue weighted by Crippen LogP contribution is -2.63. The summed E-state index contributed by atoms with van der Waals surface area (Å²) >= 11 is 0. The first-order valence-electron chi connectivity index (χ1n) is 13.0. The molecule has 3 aliphatic carbocycles. The number of aliphatic hydroxyl groups excluding tert-OH is 2. The summed E-state index contributed by atoms with van der Waals surface area (Å²) in [7, 11) is 7.16. The number of primary amides is 1. The van der Waals surface area contributed by atoms with Crippen LogP contribution in [-0.2, 0) is 22.6 Å². The van der Waals surface area contributed by atoms with Gasteiger partial charge in [0.05, 0.1) is 11.6 Å². The van der Waals surface area contributed by atoms with E-state index >= 15 is 0 Å². The highest BCUT2D eigenvalue weighted by atomic mass is 16.3. The molecular weight excluding hydrogens is 514 g/mol. The summed E-state index contributed by atoms with van der Waals surface area (Å²) in [5, 5.41) is 44.8. The van der Waals surface area contributed by atoms with Gasteiger partial charge in [-0.1, -0.05) is 30.3 Å². The quantitative estimate of drug-likeness (QED) is 0.351. The molecular formula is C30H33N3O7. The van der Waals surface area contributed by atoms with Gasteiger partial charge in [0.25, 0.3) is 5.91 Å². The lowest BCUT2D eigenvalue weighted by Gasteiger charge is -2.50. The Balaban J connectivity index is 1.66. The Kier molecular flexibility index (Phi) is 6.60. The number of hydrogen-bond acceptors (Lipinski definition) is 9. The van der Waals surface area contributed by atoms with Crippen molar-refractivity contribution in [3.8, 4) is 16.9 Å². The first-order chi connectivity index (χ1) is 18.8. The second-order valence-corrected chi connectivity index (χ2v) is 11.4. The van der Waals surface area contributed by atoms with Crippen LogP contribution in [0.2, 0.25) is 0 Å². The smallest absolute Gasteiger partial charge is 0.255 e. The average Bonchev–Trinajstić information content (AvgIpc) is 2.86. The number of benzene rings is 2.